The number of rotatable bonds is 4. The summed E-state index contributed by atoms with van der Waals surface area (Å²) in [7, 11) is 0. The molecular formula is C19H28N2. The van der Waals surface area contributed by atoms with Crippen LogP contribution in [0, 0.1) is 5.92 Å². The van der Waals surface area contributed by atoms with Crippen molar-refractivity contribution in [2.24, 2.45) is 5.92 Å². The van der Waals surface area contributed by atoms with Gasteiger partial charge in [-0.05, 0) is 62.1 Å². The first-order chi connectivity index (χ1) is 10.4. The fraction of sp³-hybridized carbons (Fsp3) is 0.684. The van der Waals surface area contributed by atoms with Gasteiger partial charge >= 0.3 is 0 Å². The van der Waals surface area contributed by atoms with Crippen LogP contribution in [0.2, 0.25) is 0 Å². The number of hydrogen-bond donors (Lipinski definition) is 1. The molecule has 4 rings (SSSR count). The summed E-state index contributed by atoms with van der Waals surface area (Å²) in [5, 5.41) is 3.60. The summed E-state index contributed by atoms with van der Waals surface area (Å²) < 4.78 is 0. The fourth-order valence-electron chi connectivity index (χ4n) is 4.30. The van der Waals surface area contributed by atoms with Gasteiger partial charge in [0.05, 0.1) is 0 Å². The number of anilines is 1. The predicted molar refractivity (Wildman–Crippen MR) is 88.6 cm³/mol. The zero-order valence-electron chi connectivity index (χ0n) is 13.1. The quantitative estimate of drug-likeness (QED) is 0.895. The van der Waals surface area contributed by atoms with E-state index in [2.05, 4.69) is 34.5 Å². The van der Waals surface area contributed by atoms with Crippen LogP contribution in [0.1, 0.15) is 56.9 Å². The fourth-order valence-corrected chi connectivity index (χ4v) is 4.30. The Balaban J connectivity index is 1.43. The first-order valence-electron chi connectivity index (χ1n) is 8.99. The normalized spacial score (nSPS) is 29.2. The highest BCUT2D eigenvalue weighted by Gasteiger charge is 2.33. The minimum atomic E-state index is 0.801. The maximum atomic E-state index is 3.60. The minimum Gasteiger partial charge on any atom is -0.368 e. The maximum absolute atomic E-state index is 3.60. The first kappa shape index (κ1) is 13.6. The summed E-state index contributed by atoms with van der Waals surface area (Å²) in [5.41, 5.74) is 2.89. The number of piperidine rings is 1. The number of nitrogens with zero attached hydrogens (tertiary/aromatic N) is 1. The molecule has 0 bridgehead atoms. The van der Waals surface area contributed by atoms with Gasteiger partial charge in [-0.15, -0.1) is 0 Å². The van der Waals surface area contributed by atoms with E-state index in [-0.39, 0.29) is 0 Å². The van der Waals surface area contributed by atoms with Crippen LogP contribution >= 0.6 is 0 Å². The van der Waals surface area contributed by atoms with Crippen molar-refractivity contribution in [2.75, 3.05) is 11.4 Å². The van der Waals surface area contributed by atoms with Crippen LogP contribution in [0.5, 0.6) is 0 Å². The average molecular weight is 284 g/mol. The van der Waals surface area contributed by atoms with E-state index in [4.69, 9.17) is 0 Å². The van der Waals surface area contributed by atoms with Crippen molar-refractivity contribution in [1.29, 1.82) is 0 Å². The lowest BCUT2D eigenvalue weighted by molar-refractivity contribution is 0.244. The summed E-state index contributed by atoms with van der Waals surface area (Å²) >= 11 is 0. The molecule has 1 aromatic rings. The van der Waals surface area contributed by atoms with Gasteiger partial charge in [-0.3, -0.25) is 0 Å². The lowest BCUT2D eigenvalue weighted by atomic mass is 9.78. The SMILES string of the molecule is c1cc(N2CCC[C@H]3CCCC[C@H]32)ccc1CNC1CC1. The van der Waals surface area contributed by atoms with Crippen LogP contribution in [-0.2, 0) is 6.54 Å². The highest BCUT2D eigenvalue weighted by atomic mass is 15.2. The van der Waals surface area contributed by atoms with E-state index >= 15 is 0 Å². The third kappa shape index (κ3) is 3.11. The van der Waals surface area contributed by atoms with Crippen LogP contribution in [0.4, 0.5) is 5.69 Å². The van der Waals surface area contributed by atoms with Crippen LogP contribution in [0.3, 0.4) is 0 Å². The summed E-state index contributed by atoms with van der Waals surface area (Å²) in [4.78, 5) is 2.71. The number of benzene rings is 1. The van der Waals surface area contributed by atoms with Crippen molar-refractivity contribution in [2.45, 2.75) is 70.0 Å². The number of hydrogen-bond acceptors (Lipinski definition) is 2. The standard InChI is InChI=1S/C19H28N2/c1-2-6-19-16(4-1)5-3-13-21(19)18-11-7-15(8-12-18)14-20-17-9-10-17/h7-8,11-12,16-17,19-20H,1-6,9-10,13-14H2/t16-,19-/m1/s1. The van der Waals surface area contributed by atoms with Crippen LogP contribution in [0.25, 0.3) is 0 Å². The summed E-state index contributed by atoms with van der Waals surface area (Å²) in [6, 6.07) is 11.0. The molecule has 2 saturated carbocycles. The molecule has 0 unspecified atom stereocenters. The third-order valence-corrected chi connectivity index (χ3v) is 5.68. The number of nitrogens with one attached hydrogen (secondary N) is 1. The van der Waals surface area contributed by atoms with Crippen LogP contribution in [-0.4, -0.2) is 18.6 Å². The molecule has 0 amide bonds. The van der Waals surface area contributed by atoms with Crippen molar-refractivity contribution < 1.29 is 0 Å². The van der Waals surface area contributed by atoms with Gasteiger partial charge in [-0.1, -0.05) is 25.0 Å². The predicted octanol–water partition coefficient (Wildman–Crippen LogP) is 4.10. The summed E-state index contributed by atoms with van der Waals surface area (Å²) in [6.07, 6.45) is 11.3. The lowest BCUT2D eigenvalue weighted by Crippen LogP contribution is -2.46. The van der Waals surface area contributed by atoms with Crippen molar-refractivity contribution in [1.82, 2.24) is 5.32 Å². The largest absolute Gasteiger partial charge is 0.368 e. The molecule has 21 heavy (non-hydrogen) atoms. The monoisotopic (exact) mass is 284 g/mol. The molecule has 1 saturated heterocycles. The van der Waals surface area contributed by atoms with Crippen LogP contribution < -0.4 is 10.2 Å². The molecule has 0 radical (unpaired) electrons. The van der Waals surface area contributed by atoms with Gasteiger partial charge in [0.25, 0.3) is 0 Å². The molecule has 2 aliphatic carbocycles. The highest BCUT2D eigenvalue weighted by Crippen LogP contribution is 2.37. The van der Waals surface area contributed by atoms with E-state index < -0.39 is 0 Å². The minimum absolute atomic E-state index is 0.801. The molecule has 0 spiro atoms. The van der Waals surface area contributed by atoms with Crippen molar-refractivity contribution in [3.05, 3.63) is 29.8 Å². The molecule has 3 aliphatic rings. The van der Waals surface area contributed by atoms with E-state index in [1.165, 1.54) is 69.2 Å². The molecule has 2 atom stereocenters. The van der Waals surface area contributed by atoms with Crippen molar-refractivity contribution in [3.63, 3.8) is 0 Å². The Kier molecular flexibility index (Phi) is 3.89. The summed E-state index contributed by atoms with van der Waals surface area (Å²) in [6.45, 7) is 2.30. The Morgan fingerprint density at radius 2 is 1.67 bits per heavy atom. The second kappa shape index (κ2) is 6.00. The molecule has 2 nitrogen and oxygen atoms in total. The molecule has 1 aromatic carbocycles. The Morgan fingerprint density at radius 1 is 0.905 bits per heavy atom. The topological polar surface area (TPSA) is 15.3 Å². The van der Waals surface area contributed by atoms with E-state index in [0.717, 1.165) is 24.5 Å². The van der Waals surface area contributed by atoms with Gasteiger partial charge in [0, 0.05) is 30.9 Å². The zero-order valence-corrected chi connectivity index (χ0v) is 13.1. The van der Waals surface area contributed by atoms with Crippen LogP contribution in [0.15, 0.2) is 24.3 Å². The van der Waals surface area contributed by atoms with E-state index in [1.54, 1.807) is 0 Å². The maximum Gasteiger partial charge on any atom is 0.0369 e. The smallest absolute Gasteiger partial charge is 0.0369 e. The molecule has 114 valence electrons. The Morgan fingerprint density at radius 3 is 2.48 bits per heavy atom. The average Bonchev–Trinajstić information content (AvgIpc) is 3.37. The van der Waals surface area contributed by atoms with Crippen molar-refractivity contribution in [3.8, 4) is 0 Å². The van der Waals surface area contributed by atoms with Gasteiger partial charge in [-0.2, -0.15) is 0 Å². The van der Waals surface area contributed by atoms with Gasteiger partial charge in [0.15, 0.2) is 0 Å². The number of fused-ring (bicyclic) bond motifs is 1. The molecule has 1 heterocycles. The third-order valence-electron chi connectivity index (χ3n) is 5.68. The Labute approximate surface area is 128 Å². The van der Waals surface area contributed by atoms with Gasteiger partial charge in [-0.25, -0.2) is 0 Å². The second-order valence-electron chi connectivity index (χ2n) is 7.27. The van der Waals surface area contributed by atoms with E-state index in [1.807, 2.05) is 0 Å². The van der Waals surface area contributed by atoms with Gasteiger partial charge < -0.3 is 10.2 Å². The molecule has 0 aromatic heterocycles. The lowest BCUT2D eigenvalue weighted by Gasteiger charge is -2.45. The van der Waals surface area contributed by atoms with Gasteiger partial charge in [0.2, 0.25) is 0 Å². The second-order valence-corrected chi connectivity index (χ2v) is 7.27. The molecule has 1 N–H and O–H groups in total. The zero-order chi connectivity index (χ0) is 14.1. The van der Waals surface area contributed by atoms with E-state index in [0.29, 0.717) is 0 Å². The summed E-state index contributed by atoms with van der Waals surface area (Å²) in [5.74, 6) is 0.962. The Hall–Kier alpha value is -1.02. The first-order valence-corrected chi connectivity index (χ1v) is 8.99. The molecule has 3 fully saturated rings. The van der Waals surface area contributed by atoms with Gasteiger partial charge in [0.1, 0.15) is 0 Å². The molecular weight excluding hydrogens is 256 g/mol. The Bertz CT molecular complexity index is 461. The highest BCUT2D eigenvalue weighted by molar-refractivity contribution is 5.49. The van der Waals surface area contributed by atoms with E-state index in [9.17, 15) is 0 Å². The molecule has 2 heteroatoms. The molecule has 1 aliphatic heterocycles. The van der Waals surface area contributed by atoms with Crippen molar-refractivity contribution >= 4 is 5.69 Å².